The third-order valence-corrected chi connectivity index (χ3v) is 3.12. The number of rotatable bonds is 5. The van der Waals surface area contributed by atoms with E-state index in [1.807, 2.05) is 0 Å². The van der Waals surface area contributed by atoms with Crippen LogP contribution < -0.4 is 10.1 Å². The molecule has 0 saturated carbocycles. The third kappa shape index (κ3) is 4.05. The number of carbonyl (C=O) groups is 1. The lowest BCUT2D eigenvalue weighted by atomic mass is 10.3. The Morgan fingerprint density at radius 2 is 1.96 bits per heavy atom. The van der Waals surface area contributed by atoms with Crippen LogP contribution in [0.3, 0.4) is 0 Å². The zero-order chi connectivity index (χ0) is 18.8. The first-order valence-corrected chi connectivity index (χ1v) is 6.92. The van der Waals surface area contributed by atoms with E-state index >= 15 is 0 Å². The van der Waals surface area contributed by atoms with Gasteiger partial charge in [0.25, 0.3) is 11.8 Å². The van der Waals surface area contributed by atoms with Gasteiger partial charge in [-0.1, -0.05) is 18.2 Å². The SMILES string of the molecule is CC(Oc1c([N+](=O)[O-])c(C(F)(F)F)nn1C)C(=O)Nc1ccccc1. The molecule has 11 heteroatoms. The second kappa shape index (κ2) is 6.79. The fourth-order valence-corrected chi connectivity index (χ4v) is 1.97. The Hall–Kier alpha value is -3.11. The van der Waals surface area contributed by atoms with Crippen molar-refractivity contribution in [1.82, 2.24) is 9.78 Å². The third-order valence-electron chi connectivity index (χ3n) is 3.12. The number of aryl methyl sites for hydroxylation is 1. The number of para-hydroxylation sites is 1. The molecule has 1 aromatic heterocycles. The van der Waals surface area contributed by atoms with Crippen LogP contribution in [0.1, 0.15) is 12.6 Å². The number of anilines is 1. The van der Waals surface area contributed by atoms with E-state index in [1.165, 1.54) is 6.92 Å². The minimum Gasteiger partial charge on any atom is -0.460 e. The highest BCUT2D eigenvalue weighted by Gasteiger charge is 2.46. The van der Waals surface area contributed by atoms with Crippen molar-refractivity contribution in [3.05, 3.63) is 46.1 Å². The van der Waals surface area contributed by atoms with Crippen molar-refractivity contribution in [2.24, 2.45) is 7.05 Å². The smallest absolute Gasteiger partial charge is 0.442 e. The van der Waals surface area contributed by atoms with E-state index in [4.69, 9.17) is 4.74 Å². The maximum absolute atomic E-state index is 12.9. The van der Waals surface area contributed by atoms with Gasteiger partial charge in [0.2, 0.25) is 5.69 Å². The predicted molar refractivity (Wildman–Crippen MR) is 80.0 cm³/mol. The standard InChI is InChI=1S/C14H13F3N4O4/c1-8(12(22)18-9-6-4-3-5-7-9)25-13-10(21(23)24)11(14(15,16)17)19-20(13)2/h3-8H,1-2H3,(H,18,22). The van der Waals surface area contributed by atoms with Gasteiger partial charge in [0.05, 0.1) is 4.92 Å². The number of nitrogens with one attached hydrogen (secondary N) is 1. The fraction of sp³-hybridized carbons (Fsp3) is 0.286. The number of halogens is 3. The molecule has 1 aromatic carbocycles. The van der Waals surface area contributed by atoms with Crippen LogP contribution in [-0.2, 0) is 18.0 Å². The Bertz CT molecular complexity index is 789. The largest absolute Gasteiger partial charge is 0.460 e. The Balaban J connectivity index is 2.26. The number of nitro groups is 1. The van der Waals surface area contributed by atoms with Gasteiger partial charge in [0, 0.05) is 12.7 Å². The first kappa shape index (κ1) is 18.2. The van der Waals surface area contributed by atoms with Crippen molar-refractivity contribution in [1.29, 1.82) is 0 Å². The van der Waals surface area contributed by atoms with E-state index in [2.05, 4.69) is 10.4 Å². The van der Waals surface area contributed by atoms with Crippen molar-refractivity contribution in [2.45, 2.75) is 19.2 Å². The molecule has 0 fully saturated rings. The maximum Gasteiger partial charge on any atom is 0.442 e. The number of ether oxygens (including phenoxy) is 1. The normalized spacial score (nSPS) is 12.5. The Morgan fingerprint density at radius 3 is 2.48 bits per heavy atom. The lowest BCUT2D eigenvalue weighted by Gasteiger charge is -2.14. The monoisotopic (exact) mass is 358 g/mol. The van der Waals surface area contributed by atoms with Gasteiger partial charge >= 0.3 is 11.9 Å². The molecule has 2 rings (SSSR count). The van der Waals surface area contributed by atoms with E-state index in [9.17, 15) is 28.1 Å². The number of benzene rings is 1. The summed E-state index contributed by atoms with van der Waals surface area (Å²) >= 11 is 0. The fourth-order valence-electron chi connectivity index (χ4n) is 1.97. The summed E-state index contributed by atoms with van der Waals surface area (Å²) in [7, 11) is 1.05. The van der Waals surface area contributed by atoms with E-state index < -0.39 is 40.4 Å². The van der Waals surface area contributed by atoms with Gasteiger partial charge in [-0.05, 0) is 19.1 Å². The quantitative estimate of drug-likeness (QED) is 0.654. The number of hydrogen-bond donors (Lipinski definition) is 1. The highest BCUT2D eigenvalue weighted by Crippen LogP contribution is 2.40. The summed E-state index contributed by atoms with van der Waals surface area (Å²) < 4.78 is 44.3. The molecule has 0 aliphatic rings. The van der Waals surface area contributed by atoms with Gasteiger partial charge in [-0.15, -0.1) is 0 Å². The Morgan fingerprint density at radius 1 is 1.36 bits per heavy atom. The summed E-state index contributed by atoms with van der Waals surface area (Å²) in [6.07, 6.45) is -6.33. The summed E-state index contributed by atoms with van der Waals surface area (Å²) in [5.74, 6) is -1.44. The van der Waals surface area contributed by atoms with Crippen LogP contribution in [0.15, 0.2) is 30.3 Å². The molecule has 1 atom stereocenters. The average molecular weight is 358 g/mol. The van der Waals surface area contributed by atoms with Crippen LogP contribution in [0.25, 0.3) is 0 Å². The van der Waals surface area contributed by atoms with E-state index in [-0.39, 0.29) is 0 Å². The minimum absolute atomic E-state index is 0.443. The van der Waals surface area contributed by atoms with Crippen molar-refractivity contribution in [3.8, 4) is 5.88 Å². The van der Waals surface area contributed by atoms with Crippen molar-refractivity contribution < 1.29 is 27.6 Å². The number of alkyl halides is 3. The van der Waals surface area contributed by atoms with Crippen LogP contribution in [0.5, 0.6) is 5.88 Å². The molecule has 0 saturated heterocycles. The highest BCUT2D eigenvalue weighted by atomic mass is 19.4. The van der Waals surface area contributed by atoms with Gasteiger partial charge in [-0.3, -0.25) is 14.9 Å². The molecule has 1 unspecified atom stereocenters. The first-order valence-electron chi connectivity index (χ1n) is 6.92. The second-order valence-corrected chi connectivity index (χ2v) is 5.00. The van der Waals surface area contributed by atoms with Crippen LogP contribution in [0.2, 0.25) is 0 Å². The second-order valence-electron chi connectivity index (χ2n) is 5.00. The predicted octanol–water partition coefficient (Wildman–Crippen LogP) is 2.75. The zero-order valence-corrected chi connectivity index (χ0v) is 13.1. The molecule has 0 aliphatic heterocycles. The number of hydrogen-bond acceptors (Lipinski definition) is 5. The molecule has 0 radical (unpaired) electrons. The molecule has 1 heterocycles. The Kier molecular flexibility index (Phi) is 4.95. The highest BCUT2D eigenvalue weighted by molar-refractivity contribution is 5.94. The summed E-state index contributed by atoms with van der Waals surface area (Å²) in [5.41, 5.74) is -2.58. The average Bonchev–Trinajstić information content (AvgIpc) is 2.85. The summed E-state index contributed by atoms with van der Waals surface area (Å²) in [6, 6.07) is 8.26. The molecule has 2 aromatic rings. The van der Waals surface area contributed by atoms with Crippen LogP contribution in [0, 0.1) is 10.1 Å². The van der Waals surface area contributed by atoms with Gasteiger partial charge in [0.15, 0.2) is 6.10 Å². The van der Waals surface area contributed by atoms with Crippen molar-refractivity contribution in [3.63, 3.8) is 0 Å². The number of nitrogens with zero attached hydrogens (tertiary/aromatic N) is 3. The molecule has 1 amide bonds. The van der Waals surface area contributed by atoms with E-state index in [0.717, 1.165) is 7.05 Å². The molecule has 25 heavy (non-hydrogen) atoms. The van der Waals surface area contributed by atoms with E-state index in [0.29, 0.717) is 10.4 Å². The molecule has 134 valence electrons. The van der Waals surface area contributed by atoms with Crippen LogP contribution in [-0.4, -0.2) is 26.7 Å². The molecular weight excluding hydrogens is 345 g/mol. The summed E-state index contributed by atoms with van der Waals surface area (Å²) in [5, 5.41) is 16.6. The first-order chi connectivity index (χ1) is 11.6. The molecule has 0 bridgehead atoms. The molecule has 0 spiro atoms. The summed E-state index contributed by atoms with van der Waals surface area (Å²) in [6.45, 7) is 1.25. The van der Waals surface area contributed by atoms with Gasteiger partial charge in [-0.25, -0.2) is 4.68 Å². The van der Waals surface area contributed by atoms with Crippen molar-refractivity contribution in [2.75, 3.05) is 5.32 Å². The Labute approximate surface area is 139 Å². The van der Waals surface area contributed by atoms with E-state index in [1.54, 1.807) is 30.3 Å². The molecule has 0 aliphatic carbocycles. The van der Waals surface area contributed by atoms with Crippen LogP contribution in [0.4, 0.5) is 24.5 Å². The van der Waals surface area contributed by atoms with Gasteiger partial charge in [0.1, 0.15) is 0 Å². The van der Waals surface area contributed by atoms with Gasteiger partial charge < -0.3 is 10.1 Å². The topological polar surface area (TPSA) is 99.3 Å². The lowest BCUT2D eigenvalue weighted by molar-refractivity contribution is -0.389. The van der Waals surface area contributed by atoms with Gasteiger partial charge in [-0.2, -0.15) is 18.3 Å². The minimum atomic E-state index is -5.03. The molecule has 8 nitrogen and oxygen atoms in total. The maximum atomic E-state index is 12.9. The summed E-state index contributed by atoms with van der Waals surface area (Å²) in [4.78, 5) is 21.8. The van der Waals surface area contributed by atoms with Crippen LogP contribution >= 0.6 is 0 Å². The number of amides is 1. The number of carbonyl (C=O) groups excluding carboxylic acids is 1. The zero-order valence-electron chi connectivity index (χ0n) is 13.1. The molecule has 1 N–H and O–H groups in total. The van der Waals surface area contributed by atoms with Crippen molar-refractivity contribution >= 4 is 17.3 Å². The molecular formula is C14H13F3N4O4. The lowest BCUT2D eigenvalue weighted by Crippen LogP contribution is -2.30. The number of aromatic nitrogens is 2.